The first-order valence-electron chi connectivity index (χ1n) is 6.60. The highest BCUT2D eigenvalue weighted by Gasteiger charge is 2.39. The van der Waals surface area contributed by atoms with Crippen molar-refractivity contribution in [2.75, 3.05) is 19.7 Å². The molecule has 0 unspecified atom stereocenters. The summed E-state index contributed by atoms with van der Waals surface area (Å²) in [4.78, 5) is 13.4. The smallest absolute Gasteiger partial charge is 0.260 e. The fourth-order valence-corrected chi connectivity index (χ4v) is 2.15. The predicted molar refractivity (Wildman–Crippen MR) is 73.2 cm³/mol. The Bertz CT molecular complexity index is 460. The Morgan fingerprint density at radius 3 is 2.74 bits per heavy atom. The minimum absolute atomic E-state index is 0.0254. The zero-order valence-corrected chi connectivity index (χ0v) is 11.7. The molecule has 0 spiro atoms. The number of carbonyl (C=O) groups is 1. The molecule has 0 bridgehead atoms. The van der Waals surface area contributed by atoms with Crippen LogP contribution in [-0.2, 0) is 4.79 Å². The number of nitrogens with zero attached hydrogens (tertiary/aromatic N) is 1. The van der Waals surface area contributed by atoms with E-state index in [0.29, 0.717) is 24.8 Å². The summed E-state index contributed by atoms with van der Waals surface area (Å²) in [5.74, 6) is 1.07. The molecule has 1 amide bonds. The lowest BCUT2D eigenvalue weighted by atomic mass is 9.97. The number of likely N-dealkylation sites (tertiary alicyclic amines) is 1. The minimum atomic E-state index is -0.729. The molecule has 1 fully saturated rings. The van der Waals surface area contributed by atoms with Crippen molar-refractivity contribution in [2.45, 2.75) is 32.3 Å². The second-order valence-corrected chi connectivity index (χ2v) is 5.76. The lowest BCUT2D eigenvalue weighted by Gasteiger charge is -2.43. The van der Waals surface area contributed by atoms with E-state index in [0.717, 1.165) is 0 Å². The first-order chi connectivity index (χ1) is 8.87. The van der Waals surface area contributed by atoms with E-state index in [1.807, 2.05) is 24.3 Å². The van der Waals surface area contributed by atoms with E-state index < -0.39 is 5.60 Å². The molecular weight excluding hydrogens is 242 g/mol. The summed E-state index contributed by atoms with van der Waals surface area (Å²) in [7, 11) is 0. The predicted octanol–water partition coefficient (Wildman–Crippen LogP) is 1.78. The van der Waals surface area contributed by atoms with E-state index in [-0.39, 0.29) is 12.5 Å². The molecule has 1 aromatic carbocycles. The average molecular weight is 263 g/mol. The van der Waals surface area contributed by atoms with Gasteiger partial charge in [0.25, 0.3) is 5.91 Å². The molecule has 0 saturated carbocycles. The summed E-state index contributed by atoms with van der Waals surface area (Å²) >= 11 is 0. The van der Waals surface area contributed by atoms with Crippen LogP contribution in [0.1, 0.15) is 32.3 Å². The molecule has 0 radical (unpaired) electrons. The second kappa shape index (κ2) is 5.21. The van der Waals surface area contributed by atoms with Gasteiger partial charge >= 0.3 is 0 Å². The van der Waals surface area contributed by atoms with Crippen LogP contribution >= 0.6 is 0 Å². The molecule has 1 aromatic rings. The van der Waals surface area contributed by atoms with Gasteiger partial charge < -0.3 is 14.7 Å². The Balaban J connectivity index is 1.85. The maximum absolute atomic E-state index is 11.8. The van der Waals surface area contributed by atoms with Gasteiger partial charge in [0.15, 0.2) is 6.61 Å². The van der Waals surface area contributed by atoms with Crippen molar-refractivity contribution in [3.05, 3.63) is 29.8 Å². The lowest BCUT2D eigenvalue weighted by Crippen LogP contribution is -2.62. The molecule has 0 atom stereocenters. The van der Waals surface area contributed by atoms with Gasteiger partial charge in [-0.15, -0.1) is 0 Å². The molecule has 0 aromatic heterocycles. The summed E-state index contributed by atoms with van der Waals surface area (Å²) in [6.45, 7) is 6.77. The minimum Gasteiger partial charge on any atom is -0.484 e. The molecule has 1 saturated heterocycles. The summed E-state index contributed by atoms with van der Waals surface area (Å²) in [5.41, 5.74) is 0.463. The standard InChI is InChI=1S/C15H21NO3/c1-11(2)12-5-4-6-13(7-12)19-8-14(17)16-9-15(3,18)10-16/h4-7,11,18H,8-10H2,1-3H3. The Labute approximate surface area is 114 Å². The summed E-state index contributed by atoms with van der Waals surface area (Å²) in [6.07, 6.45) is 0. The van der Waals surface area contributed by atoms with Gasteiger partial charge in [-0.05, 0) is 30.5 Å². The van der Waals surface area contributed by atoms with Crippen molar-refractivity contribution >= 4 is 5.91 Å². The van der Waals surface area contributed by atoms with Crippen molar-refractivity contribution in [1.82, 2.24) is 4.90 Å². The molecule has 19 heavy (non-hydrogen) atoms. The van der Waals surface area contributed by atoms with Crippen molar-refractivity contribution < 1.29 is 14.6 Å². The van der Waals surface area contributed by atoms with Gasteiger partial charge in [-0.2, -0.15) is 0 Å². The van der Waals surface area contributed by atoms with E-state index >= 15 is 0 Å². The third-order valence-electron chi connectivity index (χ3n) is 3.30. The van der Waals surface area contributed by atoms with E-state index in [2.05, 4.69) is 13.8 Å². The molecule has 1 N–H and O–H groups in total. The van der Waals surface area contributed by atoms with Crippen LogP contribution in [0.25, 0.3) is 0 Å². The van der Waals surface area contributed by atoms with Crippen LogP contribution in [0.3, 0.4) is 0 Å². The van der Waals surface area contributed by atoms with Crippen LogP contribution in [0.4, 0.5) is 0 Å². The average Bonchev–Trinajstić information content (AvgIpc) is 2.33. The number of β-amino-alcohol motifs (C(OH)–C–C–N with tert-alkyl or cyclic N) is 1. The number of hydrogen-bond donors (Lipinski definition) is 1. The third kappa shape index (κ3) is 3.47. The Morgan fingerprint density at radius 1 is 1.47 bits per heavy atom. The molecule has 0 aliphatic carbocycles. The van der Waals surface area contributed by atoms with Crippen LogP contribution in [0.2, 0.25) is 0 Å². The number of benzene rings is 1. The fourth-order valence-electron chi connectivity index (χ4n) is 2.15. The number of ether oxygens (including phenoxy) is 1. The molecule has 2 rings (SSSR count). The number of rotatable bonds is 4. The van der Waals surface area contributed by atoms with Crippen LogP contribution in [0.15, 0.2) is 24.3 Å². The van der Waals surface area contributed by atoms with Crippen molar-refractivity contribution in [3.8, 4) is 5.75 Å². The molecule has 4 heteroatoms. The van der Waals surface area contributed by atoms with Gasteiger partial charge in [-0.1, -0.05) is 26.0 Å². The maximum Gasteiger partial charge on any atom is 0.260 e. The van der Waals surface area contributed by atoms with Crippen LogP contribution in [0.5, 0.6) is 5.75 Å². The zero-order valence-electron chi connectivity index (χ0n) is 11.7. The van der Waals surface area contributed by atoms with Crippen molar-refractivity contribution in [1.29, 1.82) is 0 Å². The first-order valence-corrected chi connectivity index (χ1v) is 6.60. The maximum atomic E-state index is 11.8. The van der Waals surface area contributed by atoms with Gasteiger partial charge in [0, 0.05) is 0 Å². The summed E-state index contributed by atoms with van der Waals surface area (Å²) < 4.78 is 5.51. The Morgan fingerprint density at radius 2 is 2.16 bits per heavy atom. The number of carbonyl (C=O) groups excluding carboxylic acids is 1. The van der Waals surface area contributed by atoms with Crippen LogP contribution in [-0.4, -0.2) is 41.2 Å². The normalized spacial score (nSPS) is 17.2. The summed E-state index contributed by atoms with van der Waals surface area (Å²) in [6, 6.07) is 7.80. The van der Waals surface area contributed by atoms with E-state index in [1.54, 1.807) is 11.8 Å². The van der Waals surface area contributed by atoms with E-state index in [4.69, 9.17) is 4.74 Å². The second-order valence-electron chi connectivity index (χ2n) is 5.76. The molecule has 104 valence electrons. The van der Waals surface area contributed by atoms with E-state index in [9.17, 15) is 9.90 Å². The number of amides is 1. The largest absolute Gasteiger partial charge is 0.484 e. The van der Waals surface area contributed by atoms with Gasteiger partial charge in [0.05, 0.1) is 18.7 Å². The highest BCUT2D eigenvalue weighted by molar-refractivity contribution is 5.79. The molecule has 1 aliphatic heterocycles. The molecular formula is C15H21NO3. The molecule has 1 heterocycles. The van der Waals surface area contributed by atoms with Crippen LogP contribution in [0, 0.1) is 0 Å². The monoisotopic (exact) mass is 263 g/mol. The van der Waals surface area contributed by atoms with Gasteiger partial charge in [-0.25, -0.2) is 0 Å². The van der Waals surface area contributed by atoms with Gasteiger partial charge in [-0.3, -0.25) is 4.79 Å². The Hall–Kier alpha value is -1.55. The number of aliphatic hydroxyl groups is 1. The van der Waals surface area contributed by atoms with Gasteiger partial charge in [0.2, 0.25) is 0 Å². The molecule has 1 aliphatic rings. The van der Waals surface area contributed by atoms with Crippen molar-refractivity contribution in [2.24, 2.45) is 0 Å². The van der Waals surface area contributed by atoms with Crippen LogP contribution < -0.4 is 4.74 Å². The quantitative estimate of drug-likeness (QED) is 0.901. The number of hydrogen-bond acceptors (Lipinski definition) is 3. The SMILES string of the molecule is CC(C)c1cccc(OCC(=O)N2CC(C)(O)C2)c1. The topological polar surface area (TPSA) is 49.8 Å². The Kier molecular flexibility index (Phi) is 3.80. The zero-order chi connectivity index (χ0) is 14.0. The fraction of sp³-hybridized carbons (Fsp3) is 0.533. The van der Waals surface area contributed by atoms with Crippen molar-refractivity contribution in [3.63, 3.8) is 0 Å². The molecule has 4 nitrogen and oxygen atoms in total. The van der Waals surface area contributed by atoms with E-state index in [1.165, 1.54) is 5.56 Å². The van der Waals surface area contributed by atoms with Gasteiger partial charge in [0.1, 0.15) is 5.75 Å². The third-order valence-corrected chi connectivity index (χ3v) is 3.30. The lowest BCUT2D eigenvalue weighted by molar-refractivity contribution is -0.154. The highest BCUT2D eigenvalue weighted by Crippen LogP contribution is 2.22. The summed E-state index contributed by atoms with van der Waals surface area (Å²) in [5, 5.41) is 9.58. The highest BCUT2D eigenvalue weighted by atomic mass is 16.5. The first kappa shape index (κ1) is 13.9.